The fourth-order valence-electron chi connectivity index (χ4n) is 1.96. The van der Waals surface area contributed by atoms with Crippen molar-refractivity contribution in [2.75, 3.05) is 13.2 Å². The van der Waals surface area contributed by atoms with E-state index in [1.54, 1.807) is 0 Å². The van der Waals surface area contributed by atoms with Gasteiger partial charge in [-0.25, -0.2) is 4.79 Å². The Balaban J connectivity index is 2.33. The number of carboxylic acid groups (broad SMARTS) is 1. The van der Waals surface area contributed by atoms with Crippen molar-refractivity contribution in [1.29, 1.82) is 0 Å². The molecule has 0 aromatic rings. The van der Waals surface area contributed by atoms with Gasteiger partial charge >= 0.3 is 12.0 Å². The van der Waals surface area contributed by atoms with Gasteiger partial charge in [-0.1, -0.05) is 19.8 Å². The van der Waals surface area contributed by atoms with Crippen LogP contribution in [0.2, 0.25) is 0 Å². The highest BCUT2D eigenvalue weighted by Gasteiger charge is 2.35. The molecule has 1 aliphatic rings. The van der Waals surface area contributed by atoms with Crippen molar-refractivity contribution in [3.8, 4) is 0 Å². The van der Waals surface area contributed by atoms with E-state index >= 15 is 0 Å². The Kier molecular flexibility index (Phi) is 5.91. The van der Waals surface area contributed by atoms with Gasteiger partial charge < -0.3 is 20.5 Å². The molecule has 3 unspecified atom stereocenters. The molecule has 1 fully saturated rings. The van der Waals surface area contributed by atoms with Gasteiger partial charge in [-0.2, -0.15) is 0 Å². The van der Waals surface area contributed by atoms with Crippen molar-refractivity contribution < 1.29 is 19.4 Å². The summed E-state index contributed by atoms with van der Waals surface area (Å²) < 4.78 is 5.08. The summed E-state index contributed by atoms with van der Waals surface area (Å²) in [6.45, 7) is 4.45. The highest BCUT2D eigenvalue weighted by molar-refractivity contribution is 5.77. The second-order valence-electron chi connectivity index (χ2n) is 4.75. The van der Waals surface area contributed by atoms with Crippen LogP contribution < -0.4 is 10.6 Å². The lowest BCUT2D eigenvalue weighted by molar-refractivity contribution is -0.142. The van der Waals surface area contributed by atoms with Crippen LogP contribution in [0.4, 0.5) is 4.79 Å². The summed E-state index contributed by atoms with van der Waals surface area (Å²) in [6.07, 6.45) is 3.07. The van der Waals surface area contributed by atoms with Crippen LogP contribution in [0.5, 0.6) is 0 Å². The predicted molar refractivity (Wildman–Crippen MR) is 66.4 cm³/mol. The highest BCUT2D eigenvalue weighted by atomic mass is 16.5. The van der Waals surface area contributed by atoms with Crippen LogP contribution in [-0.2, 0) is 9.53 Å². The Hall–Kier alpha value is -1.30. The van der Waals surface area contributed by atoms with Gasteiger partial charge in [-0.05, 0) is 13.3 Å². The number of unbranched alkanes of at least 4 members (excludes halogenated alkanes) is 1. The van der Waals surface area contributed by atoms with E-state index < -0.39 is 17.9 Å². The topological polar surface area (TPSA) is 87.7 Å². The molecule has 1 saturated heterocycles. The van der Waals surface area contributed by atoms with Crippen LogP contribution in [0.25, 0.3) is 0 Å². The number of ether oxygens (including phenoxy) is 1. The quantitative estimate of drug-likeness (QED) is 0.662. The Morgan fingerprint density at radius 1 is 1.44 bits per heavy atom. The van der Waals surface area contributed by atoms with Crippen molar-refractivity contribution in [1.82, 2.24) is 10.6 Å². The summed E-state index contributed by atoms with van der Waals surface area (Å²) in [5.41, 5.74) is 0. The number of amides is 2. The molecule has 0 radical (unpaired) electrons. The maximum Gasteiger partial charge on any atom is 0.315 e. The molecule has 18 heavy (non-hydrogen) atoms. The van der Waals surface area contributed by atoms with Crippen LogP contribution in [0.3, 0.4) is 0 Å². The van der Waals surface area contributed by atoms with Crippen molar-refractivity contribution >= 4 is 12.0 Å². The molecular formula is C12H22N2O4. The molecule has 0 bridgehead atoms. The van der Waals surface area contributed by atoms with Gasteiger partial charge in [0.25, 0.3) is 0 Å². The molecule has 3 atom stereocenters. The van der Waals surface area contributed by atoms with E-state index in [-0.39, 0.29) is 25.3 Å². The maximum absolute atomic E-state index is 11.7. The maximum atomic E-state index is 11.7. The number of aliphatic carboxylic acids is 1. The van der Waals surface area contributed by atoms with Gasteiger partial charge in [0.05, 0.1) is 19.3 Å². The third kappa shape index (κ3) is 4.52. The third-order valence-corrected chi connectivity index (χ3v) is 3.08. The average molecular weight is 258 g/mol. The summed E-state index contributed by atoms with van der Waals surface area (Å²) in [5.74, 6) is -1.58. The molecule has 0 aromatic carbocycles. The molecule has 104 valence electrons. The van der Waals surface area contributed by atoms with E-state index in [0.29, 0.717) is 0 Å². The first-order chi connectivity index (χ1) is 8.54. The zero-order chi connectivity index (χ0) is 13.5. The van der Waals surface area contributed by atoms with Gasteiger partial charge in [0.1, 0.15) is 5.92 Å². The fourth-order valence-corrected chi connectivity index (χ4v) is 1.96. The van der Waals surface area contributed by atoms with E-state index in [1.807, 2.05) is 6.92 Å². The minimum Gasteiger partial charge on any atom is -0.481 e. The molecule has 0 saturated carbocycles. The first-order valence-electron chi connectivity index (χ1n) is 6.42. The van der Waals surface area contributed by atoms with Crippen LogP contribution in [-0.4, -0.2) is 42.4 Å². The first-order valence-corrected chi connectivity index (χ1v) is 6.42. The highest BCUT2D eigenvalue weighted by Crippen LogP contribution is 2.13. The largest absolute Gasteiger partial charge is 0.481 e. The Morgan fingerprint density at radius 3 is 2.78 bits per heavy atom. The number of nitrogens with one attached hydrogen (secondary N) is 2. The third-order valence-electron chi connectivity index (χ3n) is 3.08. The number of hydrogen-bond donors (Lipinski definition) is 3. The molecule has 1 aliphatic heterocycles. The summed E-state index contributed by atoms with van der Waals surface area (Å²) in [4.78, 5) is 22.6. The standard InChI is InChI=1S/C12H22N2O4/c1-3-4-5-8(2)13-12(17)14-10-7-18-6-9(10)11(15)16/h8-10H,3-7H2,1-2H3,(H,15,16)(H2,13,14,17). The van der Waals surface area contributed by atoms with Crippen LogP contribution in [0.1, 0.15) is 33.1 Å². The van der Waals surface area contributed by atoms with Crippen molar-refractivity contribution in [2.24, 2.45) is 5.92 Å². The number of carbonyl (C=O) groups excluding carboxylic acids is 1. The smallest absolute Gasteiger partial charge is 0.315 e. The lowest BCUT2D eigenvalue weighted by Crippen LogP contribution is -2.49. The predicted octanol–water partition coefficient (Wildman–Crippen LogP) is 0.964. The Bertz CT molecular complexity index is 296. The van der Waals surface area contributed by atoms with Crippen molar-refractivity contribution in [3.63, 3.8) is 0 Å². The molecule has 6 nitrogen and oxygen atoms in total. The molecule has 6 heteroatoms. The number of urea groups is 1. The number of carbonyl (C=O) groups is 2. The molecule has 1 heterocycles. The molecule has 0 aromatic heterocycles. The van der Waals surface area contributed by atoms with E-state index in [0.717, 1.165) is 19.3 Å². The second kappa shape index (κ2) is 7.20. The second-order valence-corrected chi connectivity index (χ2v) is 4.75. The van der Waals surface area contributed by atoms with Gasteiger partial charge in [-0.3, -0.25) is 4.79 Å². The van der Waals surface area contributed by atoms with Gasteiger partial charge in [0.2, 0.25) is 0 Å². The van der Waals surface area contributed by atoms with Crippen LogP contribution >= 0.6 is 0 Å². The minimum absolute atomic E-state index is 0.0931. The number of hydrogen-bond acceptors (Lipinski definition) is 3. The van der Waals surface area contributed by atoms with Gasteiger partial charge in [0, 0.05) is 6.04 Å². The van der Waals surface area contributed by atoms with E-state index in [1.165, 1.54) is 0 Å². The first kappa shape index (κ1) is 14.8. The lowest BCUT2D eigenvalue weighted by atomic mass is 10.0. The Morgan fingerprint density at radius 2 is 2.17 bits per heavy atom. The van der Waals surface area contributed by atoms with E-state index in [4.69, 9.17) is 9.84 Å². The fraction of sp³-hybridized carbons (Fsp3) is 0.833. The normalized spacial score (nSPS) is 24.6. The SMILES string of the molecule is CCCCC(C)NC(=O)NC1COCC1C(=O)O. The molecule has 0 aliphatic carbocycles. The number of rotatable bonds is 6. The van der Waals surface area contributed by atoms with Crippen LogP contribution in [0.15, 0.2) is 0 Å². The van der Waals surface area contributed by atoms with E-state index in [2.05, 4.69) is 17.6 Å². The van der Waals surface area contributed by atoms with Gasteiger partial charge in [-0.15, -0.1) is 0 Å². The summed E-state index contributed by atoms with van der Waals surface area (Å²) in [6, 6.07) is -0.670. The molecule has 3 N–H and O–H groups in total. The molecular weight excluding hydrogens is 236 g/mol. The minimum atomic E-state index is -0.933. The van der Waals surface area contributed by atoms with Gasteiger partial charge in [0.15, 0.2) is 0 Å². The Labute approximate surface area is 107 Å². The monoisotopic (exact) mass is 258 g/mol. The lowest BCUT2D eigenvalue weighted by Gasteiger charge is -2.19. The summed E-state index contributed by atoms with van der Waals surface area (Å²) in [5, 5.41) is 14.4. The van der Waals surface area contributed by atoms with E-state index in [9.17, 15) is 9.59 Å². The van der Waals surface area contributed by atoms with Crippen molar-refractivity contribution in [2.45, 2.75) is 45.2 Å². The summed E-state index contributed by atoms with van der Waals surface area (Å²) in [7, 11) is 0. The molecule has 1 rings (SSSR count). The zero-order valence-corrected chi connectivity index (χ0v) is 10.9. The number of carboxylic acids is 1. The zero-order valence-electron chi connectivity index (χ0n) is 10.9. The average Bonchev–Trinajstić information content (AvgIpc) is 2.74. The molecule has 2 amide bonds. The summed E-state index contributed by atoms with van der Waals surface area (Å²) >= 11 is 0. The van der Waals surface area contributed by atoms with Crippen LogP contribution in [0, 0.1) is 5.92 Å². The van der Waals surface area contributed by atoms with Crippen molar-refractivity contribution in [3.05, 3.63) is 0 Å². The molecule has 0 spiro atoms.